The number of carbonyl (C=O) groups excluding carboxylic acids is 2. The van der Waals surface area contributed by atoms with Crippen LogP contribution in [0.15, 0.2) is 75.9 Å². The van der Waals surface area contributed by atoms with E-state index in [1.54, 1.807) is 25.1 Å². The average molecular weight is 561 g/mol. The maximum Gasteiger partial charge on any atom is 0.340 e. The number of halogens is 1. The number of hydrogen-bond acceptors (Lipinski definition) is 5. The van der Waals surface area contributed by atoms with Crippen LogP contribution in [0.3, 0.4) is 0 Å². The van der Waals surface area contributed by atoms with Crippen molar-refractivity contribution in [1.82, 2.24) is 10.6 Å². The summed E-state index contributed by atoms with van der Waals surface area (Å²) in [6, 6.07) is 19.6. The molecule has 208 valence electrons. The second kappa shape index (κ2) is 12.8. The van der Waals surface area contributed by atoms with Gasteiger partial charge in [-0.25, -0.2) is 4.79 Å². The lowest BCUT2D eigenvalue weighted by atomic mass is 9.98. The van der Waals surface area contributed by atoms with Gasteiger partial charge in [0.25, 0.3) is 5.91 Å². The molecule has 0 bridgehead atoms. The fourth-order valence-corrected chi connectivity index (χ4v) is 4.69. The minimum absolute atomic E-state index is 0.0834. The molecule has 0 unspecified atom stereocenters. The SMILES string of the molecule is Cc1c(Cc2ccccc2)c(=O)oc2c(C)c(OCC(=O)N[C@@H](Cc3ccc(Cl)cc3)C(=O)NC(C)C)ccc12. The van der Waals surface area contributed by atoms with Crippen LogP contribution in [0.25, 0.3) is 11.0 Å². The minimum atomic E-state index is -0.791. The van der Waals surface area contributed by atoms with Crippen LogP contribution in [0.1, 0.15) is 41.7 Å². The molecule has 8 heteroatoms. The third-order valence-electron chi connectivity index (χ3n) is 6.67. The third-order valence-corrected chi connectivity index (χ3v) is 6.92. The molecule has 0 saturated heterocycles. The number of ether oxygens (including phenoxy) is 1. The van der Waals surface area contributed by atoms with E-state index in [1.807, 2.05) is 69.3 Å². The Morgan fingerprint density at radius 1 is 0.900 bits per heavy atom. The molecule has 4 aromatic rings. The number of fused-ring (bicyclic) bond motifs is 1. The molecule has 1 heterocycles. The molecule has 0 aliphatic carbocycles. The van der Waals surface area contributed by atoms with Gasteiger partial charge in [0, 0.05) is 40.4 Å². The first kappa shape index (κ1) is 28.9. The van der Waals surface area contributed by atoms with E-state index in [0.717, 1.165) is 22.1 Å². The van der Waals surface area contributed by atoms with Crippen molar-refractivity contribution in [1.29, 1.82) is 0 Å². The van der Waals surface area contributed by atoms with Crippen molar-refractivity contribution in [2.24, 2.45) is 0 Å². The number of benzene rings is 3. The van der Waals surface area contributed by atoms with E-state index in [-0.39, 0.29) is 18.6 Å². The van der Waals surface area contributed by atoms with Crippen molar-refractivity contribution in [2.45, 2.75) is 52.6 Å². The lowest BCUT2D eigenvalue weighted by Gasteiger charge is -2.20. The summed E-state index contributed by atoms with van der Waals surface area (Å²) in [4.78, 5) is 38.6. The van der Waals surface area contributed by atoms with Crippen LogP contribution in [0.5, 0.6) is 5.75 Å². The Morgan fingerprint density at radius 3 is 2.27 bits per heavy atom. The molecule has 0 radical (unpaired) electrons. The maximum absolute atomic E-state index is 12.9. The predicted octanol–water partition coefficient (Wildman–Crippen LogP) is 5.28. The second-order valence-corrected chi connectivity index (χ2v) is 10.6. The standard InChI is InChI=1S/C32H33ClN2O5/c1-19(2)34-31(37)27(17-23-10-12-24(33)13-11-23)35-29(36)18-39-28-15-14-25-20(3)26(16-22-8-6-5-7-9-22)32(38)40-30(25)21(28)4/h5-15,19,27H,16-18H2,1-4H3,(H,34,37)(H,35,36)/t27-/m0/s1. The molecule has 2 N–H and O–H groups in total. The Balaban J connectivity index is 1.49. The molecule has 0 spiro atoms. The fraction of sp³-hybridized carbons (Fsp3) is 0.281. The van der Waals surface area contributed by atoms with Gasteiger partial charge in [0.15, 0.2) is 6.61 Å². The molecular weight excluding hydrogens is 528 g/mol. The summed E-state index contributed by atoms with van der Waals surface area (Å²) < 4.78 is 11.6. The van der Waals surface area contributed by atoms with Crippen molar-refractivity contribution in [3.8, 4) is 5.75 Å². The number of rotatable bonds is 10. The van der Waals surface area contributed by atoms with Gasteiger partial charge in [-0.15, -0.1) is 0 Å². The molecule has 0 saturated carbocycles. The molecule has 3 aromatic carbocycles. The largest absolute Gasteiger partial charge is 0.483 e. The van der Waals surface area contributed by atoms with E-state index >= 15 is 0 Å². The minimum Gasteiger partial charge on any atom is -0.483 e. The van der Waals surface area contributed by atoms with E-state index in [9.17, 15) is 14.4 Å². The number of carbonyl (C=O) groups is 2. The Morgan fingerprint density at radius 2 is 1.60 bits per heavy atom. The summed E-state index contributed by atoms with van der Waals surface area (Å²) in [5, 5.41) is 7.03. The molecule has 0 aliphatic rings. The molecule has 2 amide bonds. The highest BCUT2D eigenvalue weighted by Crippen LogP contribution is 2.30. The maximum atomic E-state index is 12.9. The van der Waals surface area contributed by atoms with Gasteiger partial charge in [0.1, 0.15) is 17.4 Å². The summed E-state index contributed by atoms with van der Waals surface area (Å²) in [5.74, 6) is -0.321. The Kier molecular flexibility index (Phi) is 9.27. The molecule has 1 aromatic heterocycles. The number of hydrogen-bond donors (Lipinski definition) is 2. The van der Waals surface area contributed by atoms with E-state index in [0.29, 0.717) is 40.3 Å². The number of amides is 2. The van der Waals surface area contributed by atoms with Crippen molar-refractivity contribution in [2.75, 3.05) is 6.61 Å². The lowest BCUT2D eigenvalue weighted by Crippen LogP contribution is -2.50. The van der Waals surface area contributed by atoms with Gasteiger partial charge in [0.05, 0.1) is 0 Å². The molecule has 4 rings (SSSR count). The zero-order valence-corrected chi connectivity index (χ0v) is 23.8. The van der Waals surface area contributed by atoms with Crippen LogP contribution in [0.4, 0.5) is 0 Å². The Hall–Kier alpha value is -4.10. The predicted molar refractivity (Wildman–Crippen MR) is 157 cm³/mol. The molecule has 7 nitrogen and oxygen atoms in total. The fourth-order valence-electron chi connectivity index (χ4n) is 4.56. The van der Waals surface area contributed by atoms with Crippen LogP contribution in [0, 0.1) is 13.8 Å². The summed E-state index contributed by atoms with van der Waals surface area (Å²) in [5.41, 5.74) is 3.99. The highest BCUT2D eigenvalue weighted by atomic mass is 35.5. The van der Waals surface area contributed by atoms with Crippen molar-refractivity contribution in [3.63, 3.8) is 0 Å². The number of aryl methyl sites for hydroxylation is 2. The van der Waals surface area contributed by atoms with E-state index in [4.69, 9.17) is 20.8 Å². The number of nitrogens with one attached hydrogen (secondary N) is 2. The summed E-state index contributed by atoms with van der Waals surface area (Å²) in [7, 11) is 0. The van der Waals surface area contributed by atoms with Crippen LogP contribution < -0.4 is 21.0 Å². The first-order valence-electron chi connectivity index (χ1n) is 13.2. The van der Waals surface area contributed by atoms with Crippen LogP contribution >= 0.6 is 11.6 Å². The molecule has 0 fully saturated rings. The van der Waals surface area contributed by atoms with E-state index < -0.39 is 17.6 Å². The van der Waals surface area contributed by atoms with Gasteiger partial charge in [-0.3, -0.25) is 9.59 Å². The smallest absolute Gasteiger partial charge is 0.340 e. The molecule has 40 heavy (non-hydrogen) atoms. The topological polar surface area (TPSA) is 97.6 Å². The van der Waals surface area contributed by atoms with E-state index in [1.165, 1.54) is 0 Å². The van der Waals surface area contributed by atoms with Crippen LogP contribution in [-0.2, 0) is 22.4 Å². The van der Waals surface area contributed by atoms with Crippen LogP contribution in [0.2, 0.25) is 5.02 Å². The third kappa shape index (κ3) is 7.10. The van der Waals surface area contributed by atoms with Crippen molar-refractivity contribution >= 4 is 34.4 Å². The van der Waals surface area contributed by atoms with Gasteiger partial charge in [-0.1, -0.05) is 54.1 Å². The monoisotopic (exact) mass is 560 g/mol. The van der Waals surface area contributed by atoms with Gasteiger partial charge >= 0.3 is 5.63 Å². The normalized spacial score (nSPS) is 11.8. The highest BCUT2D eigenvalue weighted by Gasteiger charge is 2.23. The van der Waals surface area contributed by atoms with E-state index in [2.05, 4.69) is 10.6 Å². The summed E-state index contributed by atoms with van der Waals surface area (Å²) in [6.45, 7) is 7.10. The van der Waals surface area contributed by atoms with Gasteiger partial charge in [-0.2, -0.15) is 0 Å². The zero-order valence-electron chi connectivity index (χ0n) is 23.0. The summed E-state index contributed by atoms with van der Waals surface area (Å²) >= 11 is 5.98. The summed E-state index contributed by atoms with van der Waals surface area (Å²) in [6.07, 6.45) is 0.774. The Labute approximate surface area is 238 Å². The molecular formula is C32H33ClN2O5. The quantitative estimate of drug-likeness (QED) is 0.257. The van der Waals surface area contributed by atoms with Crippen LogP contribution in [-0.4, -0.2) is 30.5 Å². The first-order valence-corrected chi connectivity index (χ1v) is 13.6. The van der Waals surface area contributed by atoms with Gasteiger partial charge in [-0.05, 0) is 68.7 Å². The molecule has 0 aliphatic heterocycles. The average Bonchev–Trinajstić information content (AvgIpc) is 2.92. The Bertz CT molecular complexity index is 1560. The van der Waals surface area contributed by atoms with Gasteiger partial charge < -0.3 is 19.8 Å². The first-order chi connectivity index (χ1) is 19.1. The van der Waals surface area contributed by atoms with Crippen molar-refractivity contribution < 1.29 is 18.7 Å². The molecule has 1 atom stereocenters. The van der Waals surface area contributed by atoms with Gasteiger partial charge in [0.2, 0.25) is 5.91 Å². The highest BCUT2D eigenvalue weighted by molar-refractivity contribution is 6.30. The second-order valence-electron chi connectivity index (χ2n) is 10.1. The lowest BCUT2D eigenvalue weighted by molar-refractivity contribution is -0.130. The zero-order chi connectivity index (χ0) is 28.8. The van der Waals surface area contributed by atoms with Crippen molar-refractivity contribution in [3.05, 3.63) is 110 Å².